The highest BCUT2D eigenvalue weighted by atomic mass is 16.5. The maximum Gasteiger partial charge on any atom is 0.119 e. The van der Waals surface area contributed by atoms with Gasteiger partial charge >= 0.3 is 0 Å². The number of ether oxygens (including phenoxy) is 1. The third kappa shape index (κ3) is 4.01. The lowest BCUT2D eigenvalue weighted by molar-refractivity contribution is 0.415. The Kier molecular flexibility index (Phi) is 5.93. The van der Waals surface area contributed by atoms with E-state index in [-0.39, 0.29) is 0 Å². The third-order valence-corrected chi connectivity index (χ3v) is 3.71. The molecule has 0 bridgehead atoms. The van der Waals surface area contributed by atoms with Gasteiger partial charge in [-0.1, -0.05) is 26.2 Å². The SMILES string of the molecule is CCCCCCNCCn1ccc2cc(OC)ccc21. The third-order valence-electron chi connectivity index (χ3n) is 3.71. The number of unbranched alkanes of at least 4 members (excludes halogenated alkanes) is 3. The molecular weight excluding hydrogens is 248 g/mol. The van der Waals surface area contributed by atoms with Crippen LogP contribution in [0.2, 0.25) is 0 Å². The lowest BCUT2D eigenvalue weighted by atomic mass is 10.2. The Balaban J connectivity index is 1.79. The minimum atomic E-state index is 0.921. The van der Waals surface area contributed by atoms with Gasteiger partial charge in [0.2, 0.25) is 0 Å². The van der Waals surface area contributed by atoms with E-state index >= 15 is 0 Å². The van der Waals surface area contributed by atoms with E-state index < -0.39 is 0 Å². The van der Waals surface area contributed by atoms with Crippen molar-refractivity contribution in [3.8, 4) is 5.75 Å². The number of hydrogen-bond donors (Lipinski definition) is 1. The standard InChI is InChI=1S/C17H26N2O/c1-3-4-5-6-10-18-11-13-19-12-9-15-14-16(20-2)7-8-17(15)19/h7-9,12,14,18H,3-6,10-11,13H2,1-2H3. The highest BCUT2D eigenvalue weighted by molar-refractivity contribution is 5.81. The average molecular weight is 274 g/mol. The van der Waals surface area contributed by atoms with Crippen molar-refractivity contribution in [1.82, 2.24) is 9.88 Å². The summed E-state index contributed by atoms with van der Waals surface area (Å²) in [6, 6.07) is 8.40. The number of fused-ring (bicyclic) bond motifs is 1. The molecule has 0 saturated carbocycles. The molecule has 0 aliphatic carbocycles. The van der Waals surface area contributed by atoms with E-state index in [0.717, 1.165) is 25.4 Å². The van der Waals surface area contributed by atoms with Crippen LogP contribution in [-0.4, -0.2) is 24.8 Å². The molecule has 3 nitrogen and oxygen atoms in total. The Bertz CT molecular complexity index is 519. The predicted molar refractivity (Wildman–Crippen MR) is 85.5 cm³/mol. The monoisotopic (exact) mass is 274 g/mol. The van der Waals surface area contributed by atoms with Gasteiger partial charge in [-0.25, -0.2) is 0 Å². The molecule has 3 heteroatoms. The van der Waals surface area contributed by atoms with Gasteiger partial charge in [-0.15, -0.1) is 0 Å². The summed E-state index contributed by atoms with van der Waals surface area (Å²) in [6.45, 7) is 5.43. The maximum atomic E-state index is 5.26. The molecule has 0 radical (unpaired) electrons. The molecule has 0 amide bonds. The molecule has 1 heterocycles. The lowest BCUT2D eigenvalue weighted by Crippen LogP contribution is -2.20. The number of rotatable bonds is 9. The van der Waals surface area contributed by atoms with Gasteiger partial charge in [0.05, 0.1) is 7.11 Å². The molecule has 20 heavy (non-hydrogen) atoms. The van der Waals surface area contributed by atoms with E-state index in [2.05, 4.69) is 41.2 Å². The summed E-state index contributed by atoms with van der Waals surface area (Å²) >= 11 is 0. The molecule has 0 fully saturated rings. The number of methoxy groups -OCH3 is 1. The molecule has 0 spiro atoms. The van der Waals surface area contributed by atoms with Crippen molar-refractivity contribution in [1.29, 1.82) is 0 Å². The first-order chi connectivity index (χ1) is 9.85. The zero-order valence-electron chi connectivity index (χ0n) is 12.7. The van der Waals surface area contributed by atoms with E-state index in [4.69, 9.17) is 4.74 Å². The van der Waals surface area contributed by atoms with Crippen LogP contribution in [0.1, 0.15) is 32.6 Å². The molecule has 110 valence electrons. The molecular formula is C17H26N2O. The first-order valence-corrected chi connectivity index (χ1v) is 7.68. The molecule has 2 rings (SSSR count). The lowest BCUT2D eigenvalue weighted by Gasteiger charge is -2.08. The van der Waals surface area contributed by atoms with Crippen molar-refractivity contribution in [3.05, 3.63) is 30.5 Å². The summed E-state index contributed by atoms with van der Waals surface area (Å²) in [4.78, 5) is 0. The number of nitrogens with one attached hydrogen (secondary N) is 1. The molecule has 2 aromatic rings. The number of hydrogen-bond acceptors (Lipinski definition) is 2. The van der Waals surface area contributed by atoms with Crippen molar-refractivity contribution in [3.63, 3.8) is 0 Å². The second kappa shape index (κ2) is 7.95. The van der Waals surface area contributed by atoms with Gasteiger partial charge in [0, 0.05) is 30.2 Å². The van der Waals surface area contributed by atoms with E-state index in [9.17, 15) is 0 Å². The molecule has 1 N–H and O–H groups in total. The van der Waals surface area contributed by atoms with E-state index in [0.29, 0.717) is 0 Å². The van der Waals surface area contributed by atoms with Crippen LogP contribution >= 0.6 is 0 Å². The zero-order chi connectivity index (χ0) is 14.2. The Hall–Kier alpha value is -1.48. The quantitative estimate of drug-likeness (QED) is 0.704. The summed E-state index contributed by atoms with van der Waals surface area (Å²) in [7, 11) is 1.71. The van der Waals surface area contributed by atoms with Crippen molar-refractivity contribution in [2.75, 3.05) is 20.2 Å². The van der Waals surface area contributed by atoms with Crippen LogP contribution in [0, 0.1) is 0 Å². The number of aromatic nitrogens is 1. The fourth-order valence-electron chi connectivity index (χ4n) is 2.50. The number of benzene rings is 1. The van der Waals surface area contributed by atoms with Crippen molar-refractivity contribution >= 4 is 10.9 Å². The molecule has 0 aliphatic rings. The van der Waals surface area contributed by atoms with Gasteiger partial charge in [-0.3, -0.25) is 0 Å². The predicted octanol–water partition coefficient (Wildman–Crippen LogP) is 3.82. The summed E-state index contributed by atoms with van der Waals surface area (Å²) in [6.07, 6.45) is 7.45. The summed E-state index contributed by atoms with van der Waals surface area (Å²) in [5.74, 6) is 0.921. The number of nitrogens with zero attached hydrogens (tertiary/aromatic N) is 1. The van der Waals surface area contributed by atoms with Gasteiger partial charge in [0.15, 0.2) is 0 Å². The molecule has 0 aliphatic heterocycles. The largest absolute Gasteiger partial charge is 0.497 e. The van der Waals surface area contributed by atoms with E-state index in [1.807, 2.05) is 6.07 Å². The van der Waals surface area contributed by atoms with Crippen LogP contribution in [0.5, 0.6) is 5.75 Å². The Labute approximate surface area is 121 Å². The molecule has 1 aromatic heterocycles. The fourth-order valence-corrected chi connectivity index (χ4v) is 2.50. The van der Waals surface area contributed by atoms with E-state index in [1.165, 1.54) is 36.6 Å². The highest BCUT2D eigenvalue weighted by Crippen LogP contribution is 2.21. The van der Waals surface area contributed by atoms with Crippen LogP contribution in [0.25, 0.3) is 10.9 Å². The topological polar surface area (TPSA) is 26.2 Å². The molecule has 0 saturated heterocycles. The second-order valence-corrected chi connectivity index (χ2v) is 5.24. The van der Waals surface area contributed by atoms with Gasteiger partial charge in [-0.2, -0.15) is 0 Å². The van der Waals surface area contributed by atoms with Crippen molar-refractivity contribution in [2.24, 2.45) is 0 Å². The second-order valence-electron chi connectivity index (χ2n) is 5.24. The minimum Gasteiger partial charge on any atom is -0.497 e. The van der Waals surface area contributed by atoms with Gasteiger partial charge in [-0.05, 0) is 37.2 Å². The van der Waals surface area contributed by atoms with Gasteiger partial charge in [0.25, 0.3) is 0 Å². The first kappa shape index (κ1) is 14.9. The molecule has 1 aromatic carbocycles. The smallest absolute Gasteiger partial charge is 0.119 e. The van der Waals surface area contributed by atoms with Crippen LogP contribution in [0.3, 0.4) is 0 Å². The summed E-state index contributed by atoms with van der Waals surface area (Å²) in [5.41, 5.74) is 1.28. The summed E-state index contributed by atoms with van der Waals surface area (Å²) in [5, 5.41) is 4.77. The maximum absolute atomic E-state index is 5.26. The van der Waals surface area contributed by atoms with Crippen LogP contribution < -0.4 is 10.1 Å². The van der Waals surface area contributed by atoms with Crippen molar-refractivity contribution in [2.45, 2.75) is 39.2 Å². The zero-order valence-corrected chi connectivity index (χ0v) is 12.7. The van der Waals surface area contributed by atoms with Crippen molar-refractivity contribution < 1.29 is 4.74 Å². The Morgan fingerprint density at radius 2 is 2.00 bits per heavy atom. The summed E-state index contributed by atoms with van der Waals surface area (Å²) < 4.78 is 7.55. The van der Waals surface area contributed by atoms with Crippen LogP contribution in [-0.2, 0) is 6.54 Å². The molecule has 0 atom stereocenters. The minimum absolute atomic E-state index is 0.921. The Morgan fingerprint density at radius 3 is 2.80 bits per heavy atom. The highest BCUT2D eigenvalue weighted by Gasteiger charge is 2.02. The van der Waals surface area contributed by atoms with Gasteiger partial charge < -0.3 is 14.6 Å². The average Bonchev–Trinajstić information content (AvgIpc) is 2.88. The first-order valence-electron chi connectivity index (χ1n) is 7.68. The normalized spacial score (nSPS) is 11.1. The molecule has 0 unspecified atom stereocenters. The van der Waals surface area contributed by atoms with Crippen LogP contribution in [0.4, 0.5) is 0 Å². The van der Waals surface area contributed by atoms with Gasteiger partial charge in [0.1, 0.15) is 5.75 Å². The fraction of sp³-hybridized carbons (Fsp3) is 0.529. The van der Waals surface area contributed by atoms with Crippen LogP contribution in [0.15, 0.2) is 30.5 Å². The van der Waals surface area contributed by atoms with E-state index in [1.54, 1.807) is 7.11 Å². The Morgan fingerprint density at radius 1 is 1.10 bits per heavy atom.